The summed E-state index contributed by atoms with van der Waals surface area (Å²) >= 11 is 0. The Kier molecular flexibility index (Phi) is 2.82. The van der Waals surface area contributed by atoms with E-state index in [9.17, 15) is 22.9 Å². The molecule has 0 aromatic heterocycles. The molecule has 1 rings (SSSR count). The van der Waals surface area contributed by atoms with Crippen LogP contribution in [0.4, 0.5) is 10.1 Å². The van der Waals surface area contributed by atoms with Gasteiger partial charge in [-0.05, 0) is 0 Å². The van der Waals surface area contributed by atoms with E-state index in [1.807, 2.05) is 0 Å². The lowest BCUT2D eigenvalue weighted by molar-refractivity contribution is -0.386. The Balaban J connectivity index is 3.58. The quantitative estimate of drug-likeness (QED) is 0.489. The van der Waals surface area contributed by atoms with Crippen molar-refractivity contribution in [3.63, 3.8) is 0 Å². The van der Waals surface area contributed by atoms with E-state index >= 15 is 0 Å². The van der Waals surface area contributed by atoms with Crippen LogP contribution in [-0.2, 0) is 9.05 Å². The summed E-state index contributed by atoms with van der Waals surface area (Å²) in [5, 5.41) is 19.2. The van der Waals surface area contributed by atoms with Gasteiger partial charge >= 0.3 is 5.69 Å². The van der Waals surface area contributed by atoms with Crippen LogP contribution in [0.3, 0.4) is 0 Å². The number of halogens is 2. The molecule has 1 aromatic rings. The number of nitro benzene ring substituents is 1. The van der Waals surface area contributed by atoms with Crippen molar-refractivity contribution in [3.8, 4) is 5.75 Å². The van der Waals surface area contributed by atoms with Gasteiger partial charge in [0.1, 0.15) is 10.7 Å². The fraction of sp³-hybridized carbons (Fsp3) is 0. The number of benzene rings is 1. The smallest absolute Gasteiger partial charge is 0.312 e. The van der Waals surface area contributed by atoms with E-state index in [1.165, 1.54) is 0 Å². The zero-order valence-electron chi connectivity index (χ0n) is 6.85. The maximum absolute atomic E-state index is 12.9. The Morgan fingerprint density at radius 3 is 2.40 bits per heavy atom. The monoisotopic (exact) mass is 255 g/mol. The third-order valence-corrected chi connectivity index (χ3v) is 2.83. The number of phenolic OH excluding ortho intramolecular Hbond substituents is 1. The number of hydrogen-bond donors (Lipinski definition) is 1. The molecule has 0 aliphatic rings. The lowest BCUT2D eigenvalue weighted by Gasteiger charge is -2.00. The number of nitrogens with zero attached hydrogens (tertiary/aromatic N) is 1. The predicted molar refractivity (Wildman–Crippen MR) is 47.8 cm³/mol. The predicted octanol–water partition coefficient (Wildman–Crippen LogP) is 1.37. The lowest BCUT2D eigenvalue weighted by atomic mass is 10.3. The molecule has 0 aliphatic heterocycles. The van der Waals surface area contributed by atoms with Crippen LogP contribution in [0.5, 0.6) is 5.75 Å². The van der Waals surface area contributed by atoms with Crippen LogP contribution in [0.2, 0.25) is 0 Å². The zero-order valence-corrected chi connectivity index (χ0v) is 8.42. The maximum Gasteiger partial charge on any atom is 0.312 e. The van der Waals surface area contributed by atoms with Gasteiger partial charge in [0.25, 0.3) is 9.05 Å². The highest BCUT2D eigenvalue weighted by molar-refractivity contribution is 8.13. The van der Waals surface area contributed by atoms with Crippen LogP contribution >= 0.6 is 10.7 Å². The normalized spacial score (nSPS) is 11.3. The Morgan fingerprint density at radius 2 is 2.00 bits per heavy atom. The van der Waals surface area contributed by atoms with Crippen LogP contribution in [0, 0.1) is 15.9 Å². The molecule has 0 aliphatic carbocycles. The molecule has 0 saturated heterocycles. The molecular formula is C6H3ClFNO5S. The summed E-state index contributed by atoms with van der Waals surface area (Å²) in [6.07, 6.45) is 0. The third kappa shape index (κ3) is 2.34. The van der Waals surface area contributed by atoms with E-state index in [0.717, 1.165) is 0 Å². The fourth-order valence-corrected chi connectivity index (χ4v) is 1.76. The maximum atomic E-state index is 12.9. The first kappa shape index (κ1) is 11.7. The summed E-state index contributed by atoms with van der Waals surface area (Å²) in [6.45, 7) is 0. The van der Waals surface area contributed by atoms with Crippen molar-refractivity contribution >= 4 is 25.4 Å². The Hall–Kier alpha value is -1.41. The second-order valence-corrected chi connectivity index (χ2v) is 5.00. The standard InChI is InChI=1S/C6H3ClFNO5S/c7-15(13,14)6-2-4(9(11)12)5(10)1-3(6)8/h1-2,10H. The van der Waals surface area contributed by atoms with Crippen molar-refractivity contribution in [1.29, 1.82) is 0 Å². The van der Waals surface area contributed by atoms with E-state index in [1.54, 1.807) is 0 Å². The minimum absolute atomic E-state index is 0.313. The highest BCUT2D eigenvalue weighted by atomic mass is 35.7. The van der Waals surface area contributed by atoms with E-state index in [0.29, 0.717) is 12.1 Å². The van der Waals surface area contributed by atoms with E-state index < -0.39 is 36.1 Å². The van der Waals surface area contributed by atoms with Crippen molar-refractivity contribution in [2.45, 2.75) is 4.90 Å². The van der Waals surface area contributed by atoms with Gasteiger partial charge in [0.15, 0.2) is 5.75 Å². The summed E-state index contributed by atoms with van der Waals surface area (Å²) in [5.74, 6) is -2.32. The molecule has 0 heterocycles. The first-order chi connectivity index (χ1) is 6.73. The number of nitro groups is 1. The van der Waals surface area contributed by atoms with Crippen LogP contribution < -0.4 is 0 Å². The average Bonchev–Trinajstić information content (AvgIpc) is 2.00. The van der Waals surface area contributed by atoms with E-state index in [-0.39, 0.29) is 0 Å². The fourth-order valence-electron chi connectivity index (χ4n) is 0.865. The molecular weight excluding hydrogens is 253 g/mol. The van der Waals surface area contributed by atoms with Crippen LogP contribution in [-0.4, -0.2) is 18.4 Å². The van der Waals surface area contributed by atoms with Crippen molar-refractivity contribution in [2.75, 3.05) is 0 Å². The third-order valence-electron chi connectivity index (χ3n) is 1.49. The summed E-state index contributed by atoms with van der Waals surface area (Å²) in [6, 6.07) is 0.667. The van der Waals surface area contributed by atoms with Crippen molar-refractivity contribution in [1.82, 2.24) is 0 Å². The molecule has 0 unspecified atom stereocenters. The molecule has 15 heavy (non-hydrogen) atoms. The van der Waals surface area contributed by atoms with Gasteiger partial charge in [-0.25, -0.2) is 12.8 Å². The lowest BCUT2D eigenvalue weighted by Crippen LogP contribution is -1.98. The van der Waals surface area contributed by atoms with Crippen molar-refractivity contribution < 1.29 is 22.8 Å². The highest BCUT2D eigenvalue weighted by Gasteiger charge is 2.24. The zero-order chi connectivity index (χ0) is 11.8. The second kappa shape index (κ2) is 3.63. The molecule has 1 aromatic carbocycles. The molecule has 1 N–H and O–H groups in total. The summed E-state index contributed by atoms with van der Waals surface area (Å²) in [7, 11) is 0.396. The molecule has 6 nitrogen and oxygen atoms in total. The summed E-state index contributed by atoms with van der Waals surface area (Å²) in [5.41, 5.74) is -0.935. The van der Waals surface area contributed by atoms with Gasteiger partial charge < -0.3 is 5.11 Å². The van der Waals surface area contributed by atoms with Gasteiger partial charge in [-0.15, -0.1) is 0 Å². The highest BCUT2D eigenvalue weighted by Crippen LogP contribution is 2.31. The average molecular weight is 256 g/mol. The van der Waals surface area contributed by atoms with E-state index in [2.05, 4.69) is 0 Å². The Bertz CT molecular complexity index is 529. The molecule has 82 valence electrons. The number of hydrogen-bond acceptors (Lipinski definition) is 5. The van der Waals surface area contributed by atoms with Gasteiger partial charge in [-0.2, -0.15) is 0 Å². The van der Waals surface area contributed by atoms with Gasteiger partial charge in [-0.1, -0.05) is 0 Å². The summed E-state index contributed by atoms with van der Waals surface area (Å²) in [4.78, 5) is 8.19. The van der Waals surface area contributed by atoms with Gasteiger partial charge in [0.2, 0.25) is 0 Å². The van der Waals surface area contributed by atoms with E-state index in [4.69, 9.17) is 15.8 Å². The first-order valence-corrected chi connectivity index (χ1v) is 5.66. The van der Waals surface area contributed by atoms with Crippen molar-refractivity contribution in [3.05, 3.63) is 28.1 Å². The Labute approximate surface area is 87.5 Å². The molecule has 0 bridgehead atoms. The van der Waals surface area contributed by atoms with Crippen LogP contribution in [0.1, 0.15) is 0 Å². The van der Waals surface area contributed by atoms with Gasteiger partial charge in [-0.3, -0.25) is 10.1 Å². The molecule has 0 fully saturated rings. The number of aromatic hydroxyl groups is 1. The SMILES string of the molecule is O=[N+]([O-])c1cc(S(=O)(=O)Cl)c(F)cc1O. The minimum Gasteiger partial charge on any atom is -0.502 e. The van der Waals surface area contributed by atoms with Crippen molar-refractivity contribution in [2.24, 2.45) is 0 Å². The van der Waals surface area contributed by atoms with Crippen LogP contribution in [0.25, 0.3) is 0 Å². The Morgan fingerprint density at radius 1 is 1.47 bits per heavy atom. The second-order valence-electron chi connectivity index (χ2n) is 2.47. The first-order valence-electron chi connectivity index (χ1n) is 3.35. The molecule has 0 spiro atoms. The largest absolute Gasteiger partial charge is 0.502 e. The van der Waals surface area contributed by atoms with Crippen LogP contribution in [0.15, 0.2) is 17.0 Å². The minimum atomic E-state index is -4.42. The molecule has 0 saturated carbocycles. The summed E-state index contributed by atoms with van der Waals surface area (Å²) < 4.78 is 34.5. The topological polar surface area (TPSA) is 97.5 Å². The molecule has 9 heteroatoms. The van der Waals surface area contributed by atoms with Gasteiger partial charge in [0.05, 0.1) is 4.92 Å². The number of phenols is 1. The molecule has 0 amide bonds. The molecule has 0 atom stereocenters. The van der Waals surface area contributed by atoms with Gasteiger partial charge in [0, 0.05) is 22.8 Å². The number of rotatable bonds is 2. The molecule has 0 radical (unpaired) electrons.